The number of para-hydroxylation sites is 1. The van der Waals surface area contributed by atoms with Crippen molar-refractivity contribution in [1.82, 2.24) is 5.32 Å². The Morgan fingerprint density at radius 3 is 2.54 bits per heavy atom. The molecule has 0 aliphatic rings. The normalized spacial score (nSPS) is 12.2. The SMILES string of the molecule is CC(C)(C)OC(=O)NC(COc1cccc(I)c1[N+](=O)[O-])C(=O)O. The largest absolute Gasteiger partial charge is 0.484 e. The summed E-state index contributed by atoms with van der Waals surface area (Å²) < 4.78 is 10.6. The number of carbonyl (C=O) groups excluding carboxylic acids is 1. The molecule has 0 spiro atoms. The fourth-order valence-electron chi connectivity index (χ4n) is 1.59. The molecular weight excluding hydrogens is 435 g/mol. The van der Waals surface area contributed by atoms with Gasteiger partial charge < -0.3 is 19.9 Å². The van der Waals surface area contributed by atoms with Crippen LogP contribution >= 0.6 is 22.6 Å². The van der Waals surface area contributed by atoms with Crippen molar-refractivity contribution in [3.05, 3.63) is 31.9 Å². The molecule has 132 valence electrons. The second-order valence-corrected chi connectivity index (χ2v) is 6.85. The van der Waals surface area contributed by atoms with Crippen LogP contribution in [-0.2, 0) is 9.53 Å². The number of amides is 1. The number of aliphatic carboxylic acids is 1. The topological polar surface area (TPSA) is 128 Å². The summed E-state index contributed by atoms with van der Waals surface area (Å²) in [4.78, 5) is 33.3. The Bertz CT molecular complexity index is 643. The van der Waals surface area contributed by atoms with Crippen LogP contribution in [0.5, 0.6) is 5.75 Å². The molecule has 0 radical (unpaired) electrons. The van der Waals surface area contributed by atoms with Crippen LogP contribution in [0.2, 0.25) is 0 Å². The summed E-state index contributed by atoms with van der Waals surface area (Å²) in [6.07, 6.45) is -0.921. The van der Waals surface area contributed by atoms with E-state index >= 15 is 0 Å². The molecule has 1 amide bonds. The molecule has 0 bridgehead atoms. The van der Waals surface area contributed by atoms with Crippen molar-refractivity contribution in [2.45, 2.75) is 32.4 Å². The first kappa shape index (κ1) is 19.9. The smallest absolute Gasteiger partial charge is 0.408 e. The standard InChI is InChI=1S/C14H17IN2O7/c1-14(2,3)24-13(20)16-9(12(18)19)7-23-10-6-4-5-8(15)11(10)17(21)22/h4-6,9H,7H2,1-3H3,(H,16,20)(H,18,19). The third kappa shape index (κ3) is 6.18. The summed E-state index contributed by atoms with van der Waals surface area (Å²) >= 11 is 1.78. The molecule has 1 aromatic rings. The van der Waals surface area contributed by atoms with Gasteiger partial charge in [-0.3, -0.25) is 10.1 Å². The Kier molecular flexibility index (Phi) is 6.75. The quantitative estimate of drug-likeness (QED) is 0.386. The fraction of sp³-hybridized carbons (Fsp3) is 0.429. The number of benzene rings is 1. The number of carboxylic acid groups (broad SMARTS) is 1. The van der Waals surface area contributed by atoms with Crippen molar-refractivity contribution in [3.63, 3.8) is 0 Å². The van der Waals surface area contributed by atoms with Crippen LogP contribution in [0, 0.1) is 13.7 Å². The number of alkyl carbamates (subject to hydrolysis) is 1. The van der Waals surface area contributed by atoms with Crippen molar-refractivity contribution in [1.29, 1.82) is 0 Å². The lowest BCUT2D eigenvalue weighted by Gasteiger charge is -2.22. The Morgan fingerprint density at radius 1 is 1.42 bits per heavy atom. The Labute approximate surface area is 151 Å². The van der Waals surface area contributed by atoms with Crippen molar-refractivity contribution in [3.8, 4) is 5.75 Å². The minimum Gasteiger partial charge on any atom is -0.484 e. The van der Waals surface area contributed by atoms with Gasteiger partial charge in [-0.05, 0) is 55.5 Å². The predicted octanol–water partition coefficient (Wildman–Crippen LogP) is 2.56. The first-order valence-corrected chi connectivity index (χ1v) is 7.87. The summed E-state index contributed by atoms with van der Waals surface area (Å²) in [6.45, 7) is 4.41. The van der Waals surface area contributed by atoms with Gasteiger partial charge in [-0.25, -0.2) is 9.59 Å². The molecule has 9 nitrogen and oxygen atoms in total. The van der Waals surface area contributed by atoms with E-state index in [0.717, 1.165) is 0 Å². The van der Waals surface area contributed by atoms with Gasteiger partial charge in [0.25, 0.3) is 0 Å². The zero-order valence-electron chi connectivity index (χ0n) is 13.2. The number of halogens is 1. The van der Waals surface area contributed by atoms with Crippen LogP contribution in [-0.4, -0.2) is 40.3 Å². The Morgan fingerprint density at radius 2 is 2.04 bits per heavy atom. The lowest BCUT2D eigenvalue weighted by molar-refractivity contribution is -0.386. The average molecular weight is 452 g/mol. The maximum Gasteiger partial charge on any atom is 0.408 e. The van der Waals surface area contributed by atoms with Crippen molar-refractivity contribution < 1.29 is 29.1 Å². The molecule has 24 heavy (non-hydrogen) atoms. The number of hydrogen-bond donors (Lipinski definition) is 2. The van der Waals surface area contributed by atoms with E-state index in [1.165, 1.54) is 12.1 Å². The number of carboxylic acids is 1. The van der Waals surface area contributed by atoms with Gasteiger partial charge in [0.2, 0.25) is 0 Å². The van der Waals surface area contributed by atoms with E-state index < -0.39 is 35.2 Å². The molecule has 0 aliphatic heterocycles. The van der Waals surface area contributed by atoms with Crippen LogP contribution in [0.4, 0.5) is 10.5 Å². The number of nitro benzene ring substituents is 1. The van der Waals surface area contributed by atoms with Gasteiger partial charge in [-0.1, -0.05) is 6.07 Å². The molecule has 2 N–H and O–H groups in total. The van der Waals surface area contributed by atoms with Gasteiger partial charge in [-0.2, -0.15) is 0 Å². The van der Waals surface area contributed by atoms with E-state index in [2.05, 4.69) is 5.32 Å². The maximum atomic E-state index is 11.7. The molecule has 1 aromatic carbocycles. The van der Waals surface area contributed by atoms with E-state index in [0.29, 0.717) is 3.57 Å². The third-order valence-corrected chi connectivity index (χ3v) is 3.40. The summed E-state index contributed by atoms with van der Waals surface area (Å²) in [6, 6.07) is 3.00. The van der Waals surface area contributed by atoms with Crippen LogP contribution < -0.4 is 10.1 Å². The number of nitrogens with zero attached hydrogens (tertiary/aromatic N) is 1. The molecule has 10 heteroatoms. The highest BCUT2D eigenvalue weighted by molar-refractivity contribution is 14.1. The zero-order valence-corrected chi connectivity index (χ0v) is 15.4. The molecule has 1 rings (SSSR count). The lowest BCUT2D eigenvalue weighted by Crippen LogP contribution is -2.46. The van der Waals surface area contributed by atoms with E-state index in [9.17, 15) is 19.7 Å². The summed E-state index contributed by atoms with van der Waals surface area (Å²) in [5, 5.41) is 22.4. The molecule has 0 fully saturated rings. The predicted molar refractivity (Wildman–Crippen MR) is 92.1 cm³/mol. The first-order chi connectivity index (χ1) is 11.0. The molecule has 1 unspecified atom stereocenters. The molecule has 0 saturated heterocycles. The summed E-state index contributed by atoms with van der Waals surface area (Å²) in [5.41, 5.74) is -1.05. The second-order valence-electron chi connectivity index (χ2n) is 5.69. The fourth-order valence-corrected chi connectivity index (χ4v) is 2.26. The molecule has 0 aliphatic carbocycles. The molecule has 0 saturated carbocycles. The van der Waals surface area contributed by atoms with Crippen LogP contribution in [0.25, 0.3) is 0 Å². The van der Waals surface area contributed by atoms with E-state index in [1.807, 2.05) is 0 Å². The number of rotatable bonds is 6. The average Bonchev–Trinajstić information content (AvgIpc) is 2.40. The van der Waals surface area contributed by atoms with Gasteiger partial charge >= 0.3 is 17.7 Å². The van der Waals surface area contributed by atoms with Gasteiger partial charge in [0, 0.05) is 0 Å². The third-order valence-electron chi connectivity index (χ3n) is 2.53. The first-order valence-electron chi connectivity index (χ1n) is 6.79. The number of carbonyl (C=O) groups is 2. The van der Waals surface area contributed by atoms with E-state index in [4.69, 9.17) is 14.6 Å². The molecule has 0 aromatic heterocycles. The van der Waals surface area contributed by atoms with Crippen molar-refractivity contribution >= 4 is 40.3 Å². The Balaban J connectivity index is 2.82. The minimum absolute atomic E-state index is 0.0795. The zero-order chi connectivity index (χ0) is 18.5. The van der Waals surface area contributed by atoms with Gasteiger partial charge in [-0.15, -0.1) is 0 Å². The molecule has 0 heterocycles. The number of nitro groups is 1. The maximum absolute atomic E-state index is 11.7. The van der Waals surface area contributed by atoms with E-state index in [-0.39, 0.29) is 11.4 Å². The van der Waals surface area contributed by atoms with Gasteiger partial charge in [0.15, 0.2) is 11.8 Å². The lowest BCUT2D eigenvalue weighted by atomic mass is 10.2. The number of hydrogen-bond acceptors (Lipinski definition) is 6. The van der Waals surface area contributed by atoms with Crippen LogP contribution in [0.3, 0.4) is 0 Å². The van der Waals surface area contributed by atoms with Gasteiger partial charge in [0.1, 0.15) is 12.2 Å². The highest BCUT2D eigenvalue weighted by Gasteiger charge is 2.26. The monoisotopic (exact) mass is 452 g/mol. The molecule has 1 atom stereocenters. The second kappa shape index (κ2) is 8.13. The molecular formula is C14H17IN2O7. The van der Waals surface area contributed by atoms with Crippen molar-refractivity contribution in [2.24, 2.45) is 0 Å². The number of nitrogens with one attached hydrogen (secondary N) is 1. The number of ether oxygens (including phenoxy) is 2. The minimum atomic E-state index is -1.42. The highest BCUT2D eigenvalue weighted by Crippen LogP contribution is 2.31. The summed E-state index contributed by atoms with van der Waals surface area (Å²) in [7, 11) is 0. The van der Waals surface area contributed by atoms with Gasteiger partial charge in [0.05, 0.1) is 8.49 Å². The van der Waals surface area contributed by atoms with E-state index in [1.54, 1.807) is 49.4 Å². The Hall–Kier alpha value is -2.11. The van der Waals surface area contributed by atoms with Crippen molar-refractivity contribution in [2.75, 3.05) is 6.61 Å². The van der Waals surface area contributed by atoms with Crippen LogP contribution in [0.1, 0.15) is 20.8 Å². The van der Waals surface area contributed by atoms with Crippen LogP contribution in [0.15, 0.2) is 18.2 Å². The summed E-state index contributed by atoms with van der Waals surface area (Å²) in [5.74, 6) is -1.43. The highest BCUT2D eigenvalue weighted by atomic mass is 127.